The Morgan fingerprint density at radius 2 is 1.76 bits per heavy atom. The normalized spacial score (nSPS) is 20.1. The van der Waals surface area contributed by atoms with Crippen LogP contribution in [0, 0.1) is 11.6 Å². The van der Waals surface area contributed by atoms with Crippen molar-refractivity contribution in [2.24, 2.45) is 0 Å². The van der Waals surface area contributed by atoms with E-state index in [0.29, 0.717) is 44.8 Å². The summed E-state index contributed by atoms with van der Waals surface area (Å²) in [5.41, 5.74) is 2.54. The van der Waals surface area contributed by atoms with Crippen LogP contribution in [0.2, 0.25) is 5.02 Å². The third-order valence-corrected chi connectivity index (χ3v) is 6.07. The van der Waals surface area contributed by atoms with E-state index in [4.69, 9.17) is 11.6 Å². The summed E-state index contributed by atoms with van der Waals surface area (Å²) in [5.74, 6) is -0.982. The molecule has 2 aromatic rings. The zero-order chi connectivity index (χ0) is 20.5. The number of amides is 1. The molecule has 0 aliphatic carbocycles. The number of anilines is 1. The van der Waals surface area contributed by atoms with E-state index in [1.165, 1.54) is 11.6 Å². The van der Waals surface area contributed by atoms with Gasteiger partial charge in [-0.3, -0.25) is 14.6 Å². The molecule has 0 bridgehead atoms. The molecule has 0 unspecified atom stereocenters. The van der Waals surface area contributed by atoms with Crippen molar-refractivity contribution >= 4 is 23.2 Å². The van der Waals surface area contributed by atoms with Crippen LogP contribution in [0.3, 0.4) is 0 Å². The van der Waals surface area contributed by atoms with E-state index in [0.717, 1.165) is 18.2 Å². The lowest BCUT2D eigenvalue weighted by molar-refractivity contribution is -0.120. The number of fused-ring (bicyclic) bond motifs is 1. The number of benzene rings is 2. The molecular formula is C22H24ClF2N3O. The van der Waals surface area contributed by atoms with Gasteiger partial charge in [0.1, 0.15) is 11.6 Å². The summed E-state index contributed by atoms with van der Waals surface area (Å²) in [5, 5.41) is -0.202. The highest BCUT2D eigenvalue weighted by Gasteiger charge is 2.31. The van der Waals surface area contributed by atoms with Gasteiger partial charge in [-0.05, 0) is 37.1 Å². The van der Waals surface area contributed by atoms with Crippen molar-refractivity contribution in [3.63, 3.8) is 0 Å². The zero-order valence-electron chi connectivity index (χ0n) is 16.4. The van der Waals surface area contributed by atoms with Gasteiger partial charge in [-0.25, -0.2) is 8.78 Å². The molecule has 1 atom stereocenters. The van der Waals surface area contributed by atoms with Crippen molar-refractivity contribution < 1.29 is 13.6 Å². The molecule has 2 heterocycles. The Hall–Kier alpha value is -2.02. The number of halogens is 3. The van der Waals surface area contributed by atoms with Crippen molar-refractivity contribution in [1.82, 2.24) is 9.80 Å². The molecule has 4 rings (SSSR count). The van der Waals surface area contributed by atoms with E-state index in [1.54, 1.807) is 0 Å². The maximum absolute atomic E-state index is 14.0. The minimum Gasteiger partial charge on any atom is -0.308 e. The number of carbonyl (C=O) groups excluding carboxylic acids is 1. The molecule has 0 N–H and O–H groups in total. The van der Waals surface area contributed by atoms with Crippen LogP contribution in [-0.2, 0) is 17.8 Å². The van der Waals surface area contributed by atoms with Crippen LogP contribution in [0.4, 0.5) is 14.5 Å². The van der Waals surface area contributed by atoms with Gasteiger partial charge in [0.2, 0.25) is 5.91 Å². The molecule has 1 fully saturated rings. The highest BCUT2D eigenvalue weighted by Crippen LogP contribution is 2.32. The number of para-hydroxylation sites is 1. The van der Waals surface area contributed by atoms with Crippen LogP contribution < -0.4 is 4.90 Å². The molecule has 0 radical (unpaired) electrons. The Morgan fingerprint density at radius 1 is 1.07 bits per heavy atom. The zero-order valence-corrected chi connectivity index (χ0v) is 17.1. The van der Waals surface area contributed by atoms with Gasteiger partial charge in [-0.1, -0.05) is 29.8 Å². The molecule has 0 spiro atoms. The second kappa shape index (κ2) is 8.38. The summed E-state index contributed by atoms with van der Waals surface area (Å²) in [4.78, 5) is 19.1. The predicted molar refractivity (Wildman–Crippen MR) is 110 cm³/mol. The van der Waals surface area contributed by atoms with E-state index < -0.39 is 11.6 Å². The van der Waals surface area contributed by atoms with Gasteiger partial charge in [0.15, 0.2) is 0 Å². The van der Waals surface area contributed by atoms with Crippen LogP contribution in [0.15, 0.2) is 36.4 Å². The van der Waals surface area contributed by atoms with Crippen LogP contribution in [-0.4, -0.2) is 54.5 Å². The van der Waals surface area contributed by atoms with Gasteiger partial charge in [0, 0.05) is 50.0 Å². The van der Waals surface area contributed by atoms with Crippen molar-refractivity contribution in [2.75, 3.05) is 37.6 Å². The van der Waals surface area contributed by atoms with Gasteiger partial charge < -0.3 is 4.90 Å². The van der Waals surface area contributed by atoms with Gasteiger partial charge in [0.25, 0.3) is 0 Å². The molecule has 0 aromatic heterocycles. The van der Waals surface area contributed by atoms with Gasteiger partial charge >= 0.3 is 0 Å². The lowest BCUT2D eigenvalue weighted by Crippen LogP contribution is -2.50. The largest absolute Gasteiger partial charge is 0.308 e. The fraction of sp³-hybridized carbons (Fsp3) is 0.409. The van der Waals surface area contributed by atoms with Gasteiger partial charge in [-0.2, -0.15) is 0 Å². The topological polar surface area (TPSA) is 26.8 Å². The standard InChI is InChI=1S/C22H24ClF2N3O/c1-15-10-16-4-2-3-5-21(16)28(15)22(29)14-27-8-6-26(7-9-27)13-17-11-20(25)18(23)12-19(17)24/h2-5,11-12,15H,6-10,13-14H2,1H3/t15-/m1/s1. The molecular weight excluding hydrogens is 396 g/mol. The first-order valence-corrected chi connectivity index (χ1v) is 10.3. The lowest BCUT2D eigenvalue weighted by atomic mass is 10.1. The number of hydrogen-bond acceptors (Lipinski definition) is 3. The van der Waals surface area contributed by atoms with Crippen molar-refractivity contribution in [3.05, 3.63) is 64.2 Å². The Kier molecular flexibility index (Phi) is 5.86. The highest BCUT2D eigenvalue weighted by molar-refractivity contribution is 6.30. The molecule has 1 amide bonds. The highest BCUT2D eigenvalue weighted by atomic mass is 35.5. The molecule has 2 aliphatic heterocycles. The second-order valence-corrected chi connectivity index (χ2v) is 8.26. The SMILES string of the molecule is C[C@@H]1Cc2ccccc2N1C(=O)CN1CCN(Cc2cc(F)c(Cl)cc2F)CC1. The molecule has 0 saturated carbocycles. The molecule has 154 valence electrons. The third-order valence-electron chi connectivity index (χ3n) is 5.78. The minimum absolute atomic E-state index is 0.113. The molecule has 7 heteroatoms. The summed E-state index contributed by atoms with van der Waals surface area (Å²) in [7, 11) is 0. The lowest BCUT2D eigenvalue weighted by Gasteiger charge is -2.35. The van der Waals surface area contributed by atoms with Crippen molar-refractivity contribution in [1.29, 1.82) is 0 Å². The summed E-state index contributed by atoms with van der Waals surface area (Å²) in [6.45, 7) is 5.61. The first-order valence-electron chi connectivity index (χ1n) is 9.90. The Morgan fingerprint density at radius 3 is 2.52 bits per heavy atom. The molecule has 2 aliphatic rings. The number of piperazine rings is 1. The van der Waals surface area contributed by atoms with E-state index in [1.807, 2.05) is 23.1 Å². The first kappa shape index (κ1) is 20.3. The monoisotopic (exact) mass is 419 g/mol. The minimum atomic E-state index is -0.604. The fourth-order valence-electron chi connectivity index (χ4n) is 4.24. The number of hydrogen-bond donors (Lipinski definition) is 0. The Bertz CT molecular complexity index is 915. The average molecular weight is 420 g/mol. The van der Waals surface area contributed by atoms with Crippen molar-refractivity contribution in [2.45, 2.75) is 25.9 Å². The third kappa shape index (κ3) is 4.29. The molecule has 4 nitrogen and oxygen atoms in total. The first-order chi connectivity index (χ1) is 13.9. The summed E-state index contributed by atoms with van der Waals surface area (Å²) in [6.07, 6.45) is 0.888. The van der Waals surface area contributed by atoms with Crippen molar-refractivity contribution in [3.8, 4) is 0 Å². The molecule has 1 saturated heterocycles. The Balaban J connectivity index is 1.32. The van der Waals surface area contributed by atoms with Crippen LogP contribution >= 0.6 is 11.6 Å². The van der Waals surface area contributed by atoms with E-state index >= 15 is 0 Å². The maximum atomic E-state index is 14.0. The smallest absolute Gasteiger partial charge is 0.241 e. The van der Waals surface area contributed by atoms with Crippen LogP contribution in [0.1, 0.15) is 18.1 Å². The van der Waals surface area contributed by atoms with Gasteiger partial charge in [-0.15, -0.1) is 0 Å². The summed E-state index contributed by atoms with van der Waals surface area (Å²) in [6, 6.07) is 10.4. The predicted octanol–water partition coefficient (Wildman–Crippen LogP) is 3.71. The summed E-state index contributed by atoms with van der Waals surface area (Å²) < 4.78 is 27.7. The average Bonchev–Trinajstić information content (AvgIpc) is 3.03. The van der Waals surface area contributed by atoms with Gasteiger partial charge in [0.05, 0.1) is 11.6 Å². The number of nitrogens with zero attached hydrogens (tertiary/aromatic N) is 3. The quantitative estimate of drug-likeness (QED) is 0.707. The number of carbonyl (C=O) groups is 1. The van der Waals surface area contributed by atoms with E-state index in [-0.39, 0.29) is 17.0 Å². The fourth-order valence-corrected chi connectivity index (χ4v) is 4.39. The summed E-state index contributed by atoms with van der Waals surface area (Å²) >= 11 is 5.62. The molecule has 2 aromatic carbocycles. The molecule has 29 heavy (non-hydrogen) atoms. The van der Waals surface area contributed by atoms with Crippen LogP contribution in [0.5, 0.6) is 0 Å². The second-order valence-electron chi connectivity index (χ2n) is 7.86. The van der Waals surface area contributed by atoms with E-state index in [2.05, 4.69) is 22.8 Å². The number of rotatable bonds is 4. The van der Waals surface area contributed by atoms with Crippen LogP contribution in [0.25, 0.3) is 0 Å². The maximum Gasteiger partial charge on any atom is 0.241 e. The Labute approximate surface area is 174 Å². The van der Waals surface area contributed by atoms with E-state index in [9.17, 15) is 13.6 Å².